The quantitative estimate of drug-likeness (QED) is 0.939. The first-order chi connectivity index (χ1) is 10.2. The third kappa shape index (κ3) is 3.43. The first kappa shape index (κ1) is 14.5. The number of benzene rings is 1. The Morgan fingerprint density at radius 1 is 1.43 bits per heavy atom. The van der Waals surface area contributed by atoms with Crippen molar-refractivity contribution in [2.45, 2.75) is 31.4 Å². The van der Waals surface area contributed by atoms with Crippen molar-refractivity contribution in [3.63, 3.8) is 0 Å². The summed E-state index contributed by atoms with van der Waals surface area (Å²) >= 11 is 1.96. The number of rotatable bonds is 4. The van der Waals surface area contributed by atoms with E-state index in [1.807, 2.05) is 22.7 Å². The summed E-state index contributed by atoms with van der Waals surface area (Å²) in [5, 5.41) is 1.87. The van der Waals surface area contributed by atoms with Gasteiger partial charge in [0.15, 0.2) is 0 Å². The van der Waals surface area contributed by atoms with Crippen molar-refractivity contribution < 1.29 is 4.79 Å². The van der Waals surface area contributed by atoms with E-state index in [-0.39, 0.29) is 0 Å². The topological polar surface area (TPSA) is 36.1 Å². The molecule has 1 unspecified atom stereocenters. The van der Waals surface area contributed by atoms with Gasteiger partial charge >= 0.3 is 0 Å². The summed E-state index contributed by atoms with van der Waals surface area (Å²) in [5.74, 6) is 1.40. The van der Waals surface area contributed by atoms with E-state index >= 15 is 0 Å². The number of aromatic nitrogens is 1. The van der Waals surface area contributed by atoms with Crippen LogP contribution in [0.25, 0.3) is 10.9 Å². The minimum absolute atomic E-state index is 0.321. The van der Waals surface area contributed by atoms with E-state index in [1.54, 1.807) is 0 Å². The Bertz CT molecular complexity index is 622. The van der Waals surface area contributed by atoms with Gasteiger partial charge in [0.1, 0.15) is 0 Å². The Labute approximate surface area is 130 Å². The van der Waals surface area contributed by atoms with E-state index in [9.17, 15) is 4.79 Å². The van der Waals surface area contributed by atoms with Crippen LogP contribution < -0.4 is 0 Å². The highest BCUT2D eigenvalue weighted by Crippen LogP contribution is 2.21. The van der Waals surface area contributed by atoms with Gasteiger partial charge in [-0.1, -0.05) is 25.1 Å². The second kappa shape index (κ2) is 6.56. The molecule has 0 spiro atoms. The van der Waals surface area contributed by atoms with E-state index < -0.39 is 0 Å². The van der Waals surface area contributed by atoms with Crippen molar-refractivity contribution in [3.8, 4) is 0 Å². The lowest BCUT2D eigenvalue weighted by molar-refractivity contribution is -0.131. The van der Waals surface area contributed by atoms with Crippen molar-refractivity contribution in [1.82, 2.24) is 9.88 Å². The van der Waals surface area contributed by atoms with Crippen LogP contribution in [0.4, 0.5) is 0 Å². The molecule has 3 nitrogen and oxygen atoms in total. The molecular formula is C17H22N2OS. The van der Waals surface area contributed by atoms with Crippen LogP contribution in [-0.2, 0) is 11.2 Å². The zero-order valence-electron chi connectivity index (χ0n) is 12.5. The standard InChI is InChI=1S/C17H22N2OS/c1-13-12-19(9-10-21-13)17(20)8-4-5-14-11-18-16-7-3-2-6-15(14)16/h2-3,6-7,11,13,18H,4-5,8-10,12H2,1H3. The van der Waals surface area contributed by atoms with E-state index in [0.29, 0.717) is 17.6 Å². The zero-order valence-corrected chi connectivity index (χ0v) is 13.3. The summed E-state index contributed by atoms with van der Waals surface area (Å²) in [4.78, 5) is 17.6. The molecule has 1 fully saturated rings. The van der Waals surface area contributed by atoms with Crippen LogP contribution in [0, 0.1) is 0 Å². The molecule has 2 heterocycles. The fraction of sp³-hybridized carbons (Fsp3) is 0.471. The van der Waals surface area contributed by atoms with E-state index in [1.165, 1.54) is 16.5 Å². The zero-order chi connectivity index (χ0) is 14.7. The maximum atomic E-state index is 12.2. The van der Waals surface area contributed by atoms with Crippen LogP contribution in [0.2, 0.25) is 0 Å². The second-order valence-corrected chi connectivity index (χ2v) is 7.28. The molecule has 2 aromatic rings. The van der Waals surface area contributed by atoms with Crippen LogP contribution in [-0.4, -0.2) is 39.9 Å². The molecular weight excluding hydrogens is 280 g/mol. The lowest BCUT2D eigenvalue weighted by Gasteiger charge is -2.30. The Morgan fingerprint density at radius 2 is 2.29 bits per heavy atom. The fourth-order valence-corrected chi connectivity index (χ4v) is 3.99. The molecule has 1 saturated heterocycles. The summed E-state index contributed by atoms with van der Waals surface area (Å²) in [5.41, 5.74) is 2.50. The van der Waals surface area contributed by atoms with Gasteiger partial charge in [-0.25, -0.2) is 0 Å². The van der Waals surface area contributed by atoms with E-state index in [0.717, 1.165) is 31.7 Å². The molecule has 1 aliphatic heterocycles. The molecule has 1 aromatic carbocycles. The van der Waals surface area contributed by atoms with Gasteiger partial charge in [-0.15, -0.1) is 0 Å². The number of fused-ring (bicyclic) bond motifs is 1. The SMILES string of the molecule is CC1CN(C(=O)CCCc2c[nH]c3ccccc23)CCS1. The van der Waals surface area contributed by atoms with Crippen LogP contribution in [0.5, 0.6) is 0 Å². The van der Waals surface area contributed by atoms with Gasteiger partial charge in [0, 0.05) is 47.6 Å². The summed E-state index contributed by atoms with van der Waals surface area (Å²) in [6.45, 7) is 4.04. The smallest absolute Gasteiger partial charge is 0.222 e. The largest absolute Gasteiger partial charge is 0.361 e. The first-order valence-electron chi connectivity index (χ1n) is 7.68. The number of aryl methyl sites for hydroxylation is 1. The minimum atomic E-state index is 0.321. The molecule has 1 atom stereocenters. The predicted molar refractivity (Wildman–Crippen MR) is 89.7 cm³/mol. The first-order valence-corrected chi connectivity index (χ1v) is 8.73. The number of hydrogen-bond donors (Lipinski definition) is 1. The average Bonchev–Trinajstić information content (AvgIpc) is 2.91. The number of amides is 1. The third-order valence-corrected chi connectivity index (χ3v) is 5.24. The number of H-pyrrole nitrogens is 1. The molecule has 3 rings (SSSR count). The van der Waals surface area contributed by atoms with Gasteiger partial charge in [-0.05, 0) is 24.5 Å². The molecule has 4 heteroatoms. The lowest BCUT2D eigenvalue weighted by Crippen LogP contribution is -2.40. The number of nitrogens with zero attached hydrogens (tertiary/aromatic N) is 1. The number of para-hydroxylation sites is 1. The van der Waals surface area contributed by atoms with Gasteiger partial charge in [0.05, 0.1) is 0 Å². The van der Waals surface area contributed by atoms with Crippen molar-refractivity contribution in [2.75, 3.05) is 18.8 Å². The molecule has 1 aromatic heterocycles. The molecule has 1 aliphatic rings. The maximum Gasteiger partial charge on any atom is 0.222 e. The highest BCUT2D eigenvalue weighted by molar-refractivity contribution is 7.99. The summed E-state index contributed by atoms with van der Waals surface area (Å²) in [6, 6.07) is 8.35. The molecule has 0 bridgehead atoms. The third-order valence-electron chi connectivity index (χ3n) is 4.11. The normalized spacial score (nSPS) is 19.1. The fourth-order valence-electron chi connectivity index (χ4n) is 2.97. The van der Waals surface area contributed by atoms with Crippen molar-refractivity contribution >= 4 is 28.6 Å². The van der Waals surface area contributed by atoms with Crippen molar-refractivity contribution in [3.05, 3.63) is 36.0 Å². The van der Waals surface area contributed by atoms with Crippen LogP contribution in [0.1, 0.15) is 25.3 Å². The monoisotopic (exact) mass is 302 g/mol. The highest BCUT2D eigenvalue weighted by atomic mass is 32.2. The number of carbonyl (C=O) groups excluding carboxylic acids is 1. The van der Waals surface area contributed by atoms with Crippen LogP contribution >= 0.6 is 11.8 Å². The molecule has 112 valence electrons. The average molecular weight is 302 g/mol. The Kier molecular flexibility index (Phi) is 4.54. The van der Waals surface area contributed by atoms with E-state index in [2.05, 4.69) is 36.3 Å². The Balaban J connectivity index is 1.52. The number of aromatic amines is 1. The van der Waals surface area contributed by atoms with Gasteiger partial charge in [0.2, 0.25) is 5.91 Å². The van der Waals surface area contributed by atoms with Crippen LogP contribution in [0.3, 0.4) is 0 Å². The number of nitrogens with one attached hydrogen (secondary N) is 1. The molecule has 0 radical (unpaired) electrons. The highest BCUT2D eigenvalue weighted by Gasteiger charge is 2.20. The maximum absolute atomic E-state index is 12.2. The number of thioether (sulfide) groups is 1. The van der Waals surface area contributed by atoms with Crippen molar-refractivity contribution in [1.29, 1.82) is 0 Å². The second-order valence-electron chi connectivity index (χ2n) is 5.73. The predicted octanol–water partition coefficient (Wildman–Crippen LogP) is 3.45. The van der Waals surface area contributed by atoms with Gasteiger partial charge in [-0.3, -0.25) is 4.79 Å². The number of hydrogen-bond acceptors (Lipinski definition) is 2. The molecule has 1 amide bonds. The van der Waals surface area contributed by atoms with Gasteiger partial charge < -0.3 is 9.88 Å². The van der Waals surface area contributed by atoms with Crippen LogP contribution in [0.15, 0.2) is 30.5 Å². The van der Waals surface area contributed by atoms with Gasteiger partial charge in [-0.2, -0.15) is 11.8 Å². The minimum Gasteiger partial charge on any atom is -0.361 e. The Morgan fingerprint density at radius 3 is 3.14 bits per heavy atom. The summed E-state index contributed by atoms with van der Waals surface area (Å²) in [7, 11) is 0. The van der Waals surface area contributed by atoms with Crippen molar-refractivity contribution in [2.24, 2.45) is 0 Å². The summed E-state index contributed by atoms with van der Waals surface area (Å²) in [6.07, 6.45) is 4.64. The van der Waals surface area contributed by atoms with Gasteiger partial charge in [0.25, 0.3) is 0 Å². The van der Waals surface area contributed by atoms with E-state index in [4.69, 9.17) is 0 Å². The molecule has 21 heavy (non-hydrogen) atoms. The summed E-state index contributed by atoms with van der Waals surface area (Å²) < 4.78 is 0. The number of carbonyl (C=O) groups is 1. The Hall–Kier alpha value is -1.42. The molecule has 0 aliphatic carbocycles. The lowest BCUT2D eigenvalue weighted by atomic mass is 10.1. The molecule has 1 N–H and O–H groups in total. The molecule has 0 saturated carbocycles.